The third kappa shape index (κ3) is 8.25. The van der Waals surface area contributed by atoms with Crippen LogP contribution >= 0.6 is 0 Å². The van der Waals surface area contributed by atoms with Crippen LogP contribution in [-0.2, 0) is 19.1 Å². The zero-order valence-electron chi connectivity index (χ0n) is 23.5. The number of likely N-dealkylation sites (tertiary alicyclic amines) is 2. The number of piperidine rings is 1. The fourth-order valence-corrected chi connectivity index (χ4v) is 6.33. The summed E-state index contributed by atoms with van der Waals surface area (Å²) in [4.78, 5) is 47.1. The van der Waals surface area contributed by atoms with Gasteiger partial charge in [0.25, 0.3) is 0 Å². The van der Waals surface area contributed by atoms with E-state index in [4.69, 9.17) is 24.5 Å². The number of hydrogen-bond donors (Lipinski definition) is 2. The van der Waals surface area contributed by atoms with Crippen LogP contribution in [0.4, 0.5) is 32.3 Å². The highest BCUT2D eigenvalue weighted by atomic mass is 19.4. The number of nitrogens with zero attached hydrogens (tertiary/aromatic N) is 5. The highest BCUT2D eigenvalue weighted by Gasteiger charge is 2.65. The first-order chi connectivity index (χ1) is 20.0. The molecule has 4 aliphatic heterocycles. The number of carboxylic acid groups (broad SMARTS) is 2. The van der Waals surface area contributed by atoms with E-state index in [-0.39, 0.29) is 10.8 Å². The van der Waals surface area contributed by atoms with E-state index in [1.807, 2.05) is 18.0 Å². The van der Waals surface area contributed by atoms with Crippen molar-refractivity contribution in [3.8, 4) is 0 Å². The summed E-state index contributed by atoms with van der Waals surface area (Å²) in [6, 6.07) is 1.86. The molecular weight excluding hydrogens is 592 g/mol. The lowest BCUT2D eigenvalue weighted by atomic mass is 9.60. The molecule has 17 heteroatoms. The average Bonchev–Trinajstić information content (AvgIpc) is 3.43. The molecule has 1 amide bonds. The number of aliphatic carboxylic acids is 2. The third-order valence-corrected chi connectivity index (χ3v) is 8.59. The Morgan fingerprint density at radius 2 is 1.44 bits per heavy atom. The van der Waals surface area contributed by atoms with Crippen molar-refractivity contribution in [2.75, 3.05) is 64.4 Å². The molecule has 5 heterocycles. The minimum Gasteiger partial charge on any atom is -0.475 e. The van der Waals surface area contributed by atoms with E-state index in [9.17, 15) is 31.1 Å². The van der Waals surface area contributed by atoms with Gasteiger partial charge in [0, 0.05) is 64.2 Å². The Hall–Kier alpha value is -3.21. The molecule has 4 saturated heterocycles. The number of carboxylic acids is 2. The van der Waals surface area contributed by atoms with Gasteiger partial charge in [0.05, 0.1) is 5.41 Å². The van der Waals surface area contributed by atoms with Crippen molar-refractivity contribution < 1.29 is 55.7 Å². The molecule has 0 saturated carbocycles. The van der Waals surface area contributed by atoms with E-state index >= 15 is 0 Å². The monoisotopic (exact) mass is 627 g/mol. The van der Waals surface area contributed by atoms with Gasteiger partial charge in [0.15, 0.2) is 0 Å². The quantitative estimate of drug-likeness (QED) is 0.482. The van der Waals surface area contributed by atoms with Gasteiger partial charge in [-0.05, 0) is 57.2 Å². The molecule has 242 valence electrons. The van der Waals surface area contributed by atoms with Gasteiger partial charge in [-0.2, -0.15) is 26.3 Å². The number of alkyl halides is 6. The smallest absolute Gasteiger partial charge is 0.475 e. The molecule has 4 fully saturated rings. The van der Waals surface area contributed by atoms with Crippen molar-refractivity contribution >= 4 is 23.8 Å². The number of rotatable bonds is 3. The first-order valence-electron chi connectivity index (χ1n) is 13.7. The maximum absolute atomic E-state index is 13.4. The van der Waals surface area contributed by atoms with Crippen molar-refractivity contribution in [1.82, 2.24) is 19.8 Å². The molecule has 5 rings (SSSR count). The standard InChI is InChI=1S/C22H33N5O2.2C2HF3O2/c1-25-10-7-22(19(25)28)17-27(20-23-8-2-9-24-20)16-21(22)5-11-26(12-6-21)15-18-3-13-29-14-4-18;2*3-2(4,5)1(6)7/h2,8-9,18H,3-7,10-17H2,1H3;2*(H,6,7). The Morgan fingerprint density at radius 3 is 1.88 bits per heavy atom. The van der Waals surface area contributed by atoms with Crippen LogP contribution in [0.2, 0.25) is 0 Å². The van der Waals surface area contributed by atoms with Gasteiger partial charge in [-0.3, -0.25) is 4.79 Å². The lowest BCUT2D eigenvalue weighted by Crippen LogP contribution is -2.53. The maximum Gasteiger partial charge on any atom is 0.490 e. The number of halogens is 6. The van der Waals surface area contributed by atoms with E-state index < -0.39 is 24.3 Å². The summed E-state index contributed by atoms with van der Waals surface area (Å²) >= 11 is 0. The first kappa shape index (κ1) is 34.3. The van der Waals surface area contributed by atoms with Crippen LogP contribution in [0.5, 0.6) is 0 Å². The third-order valence-electron chi connectivity index (χ3n) is 8.59. The summed E-state index contributed by atoms with van der Waals surface area (Å²) in [6.07, 6.45) is -1.02. The zero-order valence-corrected chi connectivity index (χ0v) is 23.5. The van der Waals surface area contributed by atoms with E-state index in [0.717, 1.165) is 77.1 Å². The highest BCUT2D eigenvalue weighted by Crippen LogP contribution is 2.58. The number of fused-ring (bicyclic) bond motifs is 1. The normalized spacial score (nSPS) is 24.4. The van der Waals surface area contributed by atoms with Gasteiger partial charge in [0.2, 0.25) is 11.9 Å². The molecule has 2 spiro atoms. The number of anilines is 1. The van der Waals surface area contributed by atoms with E-state index in [1.54, 1.807) is 12.4 Å². The summed E-state index contributed by atoms with van der Waals surface area (Å²) in [5.74, 6) is -3.63. The minimum atomic E-state index is -5.08. The summed E-state index contributed by atoms with van der Waals surface area (Å²) in [5, 5.41) is 14.2. The Bertz CT molecular complexity index is 1090. The van der Waals surface area contributed by atoms with Gasteiger partial charge in [-0.25, -0.2) is 19.6 Å². The fraction of sp³-hybridized carbons (Fsp3) is 0.731. The van der Waals surface area contributed by atoms with Gasteiger partial charge < -0.3 is 29.6 Å². The Kier molecular flexibility index (Phi) is 10.9. The largest absolute Gasteiger partial charge is 0.490 e. The predicted molar refractivity (Wildman–Crippen MR) is 138 cm³/mol. The molecule has 1 aromatic rings. The fourth-order valence-electron chi connectivity index (χ4n) is 6.33. The Balaban J connectivity index is 0.000000303. The van der Waals surface area contributed by atoms with E-state index in [1.165, 1.54) is 19.4 Å². The van der Waals surface area contributed by atoms with E-state index in [0.29, 0.717) is 5.91 Å². The summed E-state index contributed by atoms with van der Waals surface area (Å²) in [7, 11) is 1.97. The summed E-state index contributed by atoms with van der Waals surface area (Å²) in [6.45, 7) is 7.75. The SMILES string of the molecule is CN1CCC2(CN(c3ncccn3)CC23CCN(CC2CCOCC2)CC3)C1=O.O=C(O)C(F)(F)F.O=C(O)C(F)(F)F. The molecule has 0 aromatic carbocycles. The number of amides is 1. The average molecular weight is 628 g/mol. The van der Waals surface area contributed by atoms with Crippen LogP contribution in [0.1, 0.15) is 32.1 Å². The minimum absolute atomic E-state index is 0.0419. The number of carbonyl (C=O) groups is 3. The Morgan fingerprint density at radius 1 is 0.930 bits per heavy atom. The molecule has 1 aromatic heterocycles. The highest BCUT2D eigenvalue weighted by molar-refractivity contribution is 5.87. The summed E-state index contributed by atoms with van der Waals surface area (Å²) < 4.78 is 69.0. The summed E-state index contributed by atoms with van der Waals surface area (Å²) in [5.41, 5.74) is -0.230. The number of carbonyl (C=O) groups excluding carboxylic acids is 1. The lowest BCUT2D eigenvalue weighted by Gasteiger charge is -2.47. The van der Waals surface area contributed by atoms with Gasteiger partial charge >= 0.3 is 24.3 Å². The van der Waals surface area contributed by atoms with Gasteiger partial charge in [-0.15, -0.1) is 0 Å². The molecule has 2 N–H and O–H groups in total. The maximum atomic E-state index is 13.4. The molecule has 0 aliphatic carbocycles. The van der Waals surface area contributed by atoms with Gasteiger partial charge in [0.1, 0.15) is 0 Å². The predicted octanol–water partition coefficient (Wildman–Crippen LogP) is 2.92. The van der Waals surface area contributed by atoms with Crippen LogP contribution < -0.4 is 4.90 Å². The van der Waals surface area contributed by atoms with Crippen LogP contribution in [0.25, 0.3) is 0 Å². The van der Waals surface area contributed by atoms with Crippen LogP contribution in [0.15, 0.2) is 18.5 Å². The van der Waals surface area contributed by atoms with Crippen molar-refractivity contribution in [3.05, 3.63) is 18.5 Å². The molecule has 43 heavy (non-hydrogen) atoms. The number of ether oxygens (including phenoxy) is 1. The second-order valence-electron chi connectivity index (χ2n) is 11.2. The van der Waals surface area contributed by atoms with Crippen molar-refractivity contribution in [2.24, 2.45) is 16.7 Å². The van der Waals surface area contributed by atoms with Crippen molar-refractivity contribution in [3.63, 3.8) is 0 Å². The second kappa shape index (κ2) is 13.6. The first-order valence-corrected chi connectivity index (χ1v) is 13.7. The lowest BCUT2D eigenvalue weighted by molar-refractivity contribution is -0.193. The molecule has 4 aliphatic rings. The van der Waals surface area contributed by atoms with Crippen LogP contribution in [-0.4, -0.2) is 120 Å². The number of hydrogen-bond acceptors (Lipinski definition) is 8. The van der Waals surface area contributed by atoms with Crippen molar-refractivity contribution in [1.29, 1.82) is 0 Å². The molecule has 11 nitrogen and oxygen atoms in total. The van der Waals surface area contributed by atoms with E-state index in [2.05, 4.69) is 19.8 Å². The number of aromatic nitrogens is 2. The molecule has 0 bridgehead atoms. The van der Waals surface area contributed by atoms with Crippen LogP contribution in [0, 0.1) is 16.7 Å². The molecule has 1 unspecified atom stereocenters. The Labute approximate surface area is 243 Å². The zero-order chi connectivity index (χ0) is 32.1. The molecular formula is C26H35F6N5O6. The second-order valence-corrected chi connectivity index (χ2v) is 11.2. The van der Waals surface area contributed by atoms with Crippen LogP contribution in [0.3, 0.4) is 0 Å². The molecule has 0 radical (unpaired) electrons. The van der Waals surface area contributed by atoms with Gasteiger partial charge in [-0.1, -0.05) is 0 Å². The van der Waals surface area contributed by atoms with Crippen molar-refractivity contribution in [2.45, 2.75) is 44.5 Å². The topological polar surface area (TPSA) is 136 Å². The molecule has 1 atom stereocenters.